The third-order valence-electron chi connectivity index (χ3n) is 3.89. The highest BCUT2D eigenvalue weighted by molar-refractivity contribution is 7.98. The van der Waals surface area contributed by atoms with E-state index in [4.69, 9.17) is 11.6 Å². The van der Waals surface area contributed by atoms with Crippen molar-refractivity contribution in [2.24, 2.45) is 7.05 Å². The van der Waals surface area contributed by atoms with Gasteiger partial charge >= 0.3 is 0 Å². The maximum absolute atomic E-state index is 6.02. The minimum absolute atomic E-state index is 0.655. The van der Waals surface area contributed by atoms with E-state index >= 15 is 0 Å². The number of nitrogens with zero attached hydrogens (tertiary/aromatic N) is 6. The van der Waals surface area contributed by atoms with Crippen LogP contribution >= 0.6 is 23.4 Å². The van der Waals surface area contributed by atoms with E-state index in [0.29, 0.717) is 10.8 Å². The van der Waals surface area contributed by atoms with Gasteiger partial charge in [0.15, 0.2) is 11.0 Å². The maximum Gasteiger partial charge on any atom is 0.196 e. The molecule has 26 heavy (non-hydrogen) atoms. The van der Waals surface area contributed by atoms with Crippen molar-refractivity contribution in [3.05, 3.63) is 71.8 Å². The van der Waals surface area contributed by atoms with Crippen molar-refractivity contribution < 1.29 is 0 Å². The Morgan fingerprint density at radius 3 is 2.46 bits per heavy atom. The first kappa shape index (κ1) is 16.8. The molecule has 0 atom stereocenters. The average molecular weight is 383 g/mol. The normalized spacial score (nSPS) is 11.0. The number of halogens is 1. The Labute approximate surface area is 159 Å². The van der Waals surface area contributed by atoms with Gasteiger partial charge in [-0.1, -0.05) is 41.6 Å². The molecule has 2 heterocycles. The predicted octanol–water partition coefficient (Wildman–Crippen LogP) is 4.01. The van der Waals surface area contributed by atoms with Crippen molar-refractivity contribution in [3.8, 4) is 17.1 Å². The molecule has 0 N–H and O–H groups in total. The van der Waals surface area contributed by atoms with E-state index in [2.05, 4.69) is 20.3 Å². The number of hydrogen-bond acceptors (Lipinski definition) is 5. The summed E-state index contributed by atoms with van der Waals surface area (Å²) in [5.74, 6) is 2.31. The number of rotatable bonds is 5. The molecule has 0 aliphatic rings. The van der Waals surface area contributed by atoms with Crippen molar-refractivity contribution in [2.45, 2.75) is 10.9 Å². The van der Waals surface area contributed by atoms with Crippen LogP contribution in [0.3, 0.4) is 0 Å². The quantitative estimate of drug-likeness (QED) is 0.488. The predicted molar refractivity (Wildman–Crippen MR) is 102 cm³/mol. The van der Waals surface area contributed by atoms with Crippen LogP contribution in [0.15, 0.2) is 66.1 Å². The van der Waals surface area contributed by atoms with Gasteiger partial charge in [0.05, 0.1) is 5.75 Å². The van der Waals surface area contributed by atoms with E-state index in [9.17, 15) is 0 Å². The number of thioether (sulfide) groups is 1. The summed E-state index contributed by atoms with van der Waals surface area (Å²) in [6.45, 7) is 0. The molecule has 8 heteroatoms. The first-order valence-corrected chi connectivity index (χ1v) is 9.31. The van der Waals surface area contributed by atoms with Crippen LogP contribution < -0.4 is 0 Å². The van der Waals surface area contributed by atoms with Crippen LogP contribution in [-0.4, -0.2) is 29.5 Å². The molecule has 0 amide bonds. The van der Waals surface area contributed by atoms with Crippen molar-refractivity contribution in [2.75, 3.05) is 0 Å². The molecule has 0 aliphatic heterocycles. The number of aryl methyl sites for hydroxylation is 1. The van der Waals surface area contributed by atoms with Gasteiger partial charge in [0.1, 0.15) is 12.2 Å². The highest BCUT2D eigenvalue weighted by Crippen LogP contribution is 2.29. The first-order valence-electron chi connectivity index (χ1n) is 7.95. The average Bonchev–Trinajstić information content (AvgIpc) is 3.27. The Morgan fingerprint density at radius 2 is 1.77 bits per heavy atom. The fraction of sp³-hybridized carbons (Fsp3) is 0.111. The Hall–Kier alpha value is -2.64. The van der Waals surface area contributed by atoms with Gasteiger partial charge < -0.3 is 0 Å². The van der Waals surface area contributed by atoms with Crippen LogP contribution in [0.25, 0.3) is 17.1 Å². The summed E-state index contributed by atoms with van der Waals surface area (Å²) < 4.78 is 3.81. The second kappa shape index (κ2) is 7.31. The van der Waals surface area contributed by atoms with Gasteiger partial charge in [0.25, 0.3) is 0 Å². The van der Waals surface area contributed by atoms with Crippen molar-refractivity contribution in [1.82, 2.24) is 29.5 Å². The summed E-state index contributed by atoms with van der Waals surface area (Å²) in [5, 5.41) is 14.4. The zero-order valence-corrected chi connectivity index (χ0v) is 15.5. The number of para-hydroxylation sites is 1. The third kappa shape index (κ3) is 3.36. The molecule has 0 radical (unpaired) electrons. The molecule has 2 aromatic heterocycles. The minimum atomic E-state index is 0.655. The lowest BCUT2D eigenvalue weighted by molar-refractivity contribution is 0.729. The molecule has 0 bridgehead atoms. The van der Waals surface area contributed by atoms with E-state index in [-0.39, 0.29) is 0 Å². The molecule has 0 fully saturated rings. The largest absolute Gasteiger partial charge is 0.270 e. The Balaban J connectivity index is 1.74. The zero-order valence-electron chi connectivity index (χ0n) is 14.0. The Kier molecular flexibility index (Phi) is 4.73. The van der Waals surface area contributed by atoms with Crippen molar-refractivity contribution in [3.63, 3.8) is 0 Å². The zero-order chi connectivity index (χ0) is 17.9. The van der Waals surface area contributed by atoms with Crippen LogP contribution in [-0.2, 0) is 12.8 Å². The molecule has 130 valence electrons. The monoisotopic (exact) mass is 382 g/mol. The summed E-state index contributed by atoms with van der Waals surface area (Å²) in [4.78, 5) is 4.27. The van der Waals surface area contributed by atoms with Crippen LogP contribution in [0.4, 0.5) is 0 Å². The van der Waals surface area contributed by atoms with Crippen molar-refractivity contribution >= 4 is 23.4 Å². The SMILES string of the molecule is Cn1ncnc1CSc1nnc(-c2ccc(Cl)cc2)n1-c1ccccc1. The second-order valence-corrected chi connectivity index (χ2v) is 6.95. The lowest BCUT2D eigenvalue weighted by Crippen LogP contribution is -2.01. The molecule has 0 spiro atoms. The van der Waals surface area contributed by atoms with Crippen LogP contribution in [0, 0.1) is 0 Å². The summed E-state index contributed by atoms with van der Waals surface area (Å²) in [6.07, 6.45) is 1.55. The molecular formula is C18H15ClN6S. The lowest BCUT2D eigenvalue weighted by atomic mass is 10.2. The molecule has 4 aromatic rings. The fourth-order valence-electron chi connectivity index (χ4n) is 2.54. The van der Waals surface area contributed by atoms with E-state index in [1.54, 1.807) is 22.8 Å². The van der Waals surface area contributed by atoms with Gasteiger partial charge in [-0.3, -0.25) is 9.25 Å². The summed E-state index contributed by atoms with van der Waals surface area (Å²) in [6, 6.07) is 17.7. The van der Waals surface area contributed by atoms with Gasteiger partial charge in [-0.2, -0.15) is 5.10 Å². The molecule has 4 rings (SSSR count). The number of aromatic nitrogens is 6. The molecular weight excluding hydrogens is 368 g/mol. The fourth-order valence-corrected chi connectivity index (χ4v) is 3.60. The minimum Gasteiger partial charge on any atom is -0.270 e. The topological polar surface area (TPSA) is 61.4 Å². The molecule has 0 saturated carbocycles. The molecule has 2 aromatic carbocycles. The maximum atomic E-state index is 6.02. The Bertz CT molecular complexity index is 1010. The molecule has 0 aliphatic carbocycles. The molecule has 0 unspecified atom stereocenters. The highest BCUT2D eigenvalue weighted by Gasteiger charge is 2.17. The van der Waals surface area contributed by atoms with Gasteiger partial charge in [-0.15, -0.1) is 10.2 Å². The third-order valence-corrected chi connectivity index (χ3v) is 5.06. The van der Waals surface area contributed by atoms with Crippen LogP contribution in [0.5, 0.6) is 0 Å². The summed E-state index contributed by atoms with van der Waals surface area (Å²) >= 11 is 7.59. The van der Waals surface area contributed by atoms with Gasteiger partial charge in [-0.25, -0.2) is 4.98 Å². The van der Waals surface area contributed by atoms with E-state index in [0.717, 1.165) is 28.1 Å². The van der Waals surface area contributed by atoms with Gasteiger partial charge in [-0.05, 0) is 36.4 Å². The molecule has 6 nitrogen and oxygen atoms in total. The van der Waals surface area contributed by atoms with E-state index < -0.39 is 0 Å². The van der Waals surface area contributed by atoms with Crippen LogP contribution in [0.2, 0.25) is 5.02 Å². The van der Waals surface area contributed by atoms with Crippen LogP contribution in [0.1, 0.15) is 5.82 Å². The first-order chi connectivity index (χ1) is 12.7. The van der Waals surface area contributed by atoms with E-state index in [1.165, 1.54) is 0 Å². The second-order valence-electron chi connectivity index (χ2n) is 5.57. The summed E-state index contributed by atoms with van der Waals surface area (Å²) in [5.41, 5.74) is 1.96. The lowest BCUT2D eigenvalue weighted by Gasteiger charge is -2.10. The standard InChI is InChI=1S/C18H15ClN6S/c1-24-16(20-12-21-24)11-26-18-23-22-17(13-7-9-14(19)10-8-13)25(18)15-5-3-2-4-6-15/h2-10,12H,11H2,1H3. The number of benzene rings is 2. The smallest absolute Gasteiger partial charge is 0.196 e. The number of hydrogen-bond donors (Lipinski definition) is 0. The summed E-state index contributed by atoms with van der Waals surface area (Å²) in [7, 11) is 1.88. The van der Waals surface area contributed by atoms with Gasteiger partial charge in [0.2, 0.25) is 0 Å². The highest BCUT2D eigenvalue weighted by atomic mass is 35.5. The van der Waals surface area contributed by atoms with Gasteiger partial charge in [0, 0.05) is 23.3 Å². The van der Waals surface area contributed by atoms with Crippen molar-refractivity contribution in [1.29, 1.82) is 0 Å². The molecule has 0 saturated heterocycles. The van der Waals surface area contributed by atoms with E-state index in [1.807, 2.05) is 66.2 Å². The Morgan fingerprint density at radius 1 is 1.00 bits per heavy atom.